The molecule has 0 spiro atoms. The molecular formula is C11H22N4O2S. The molecule has 0 bridgehead atoms. The van der Waals surface area contributed by atoms with Gasteiger partial charge in [0.15, 0.2) is 0 Å². The zero-order valence-corrected chi connectivity index (χ0v) is 12.1. The number of rotatable bonds is 8. The van der Waals surface area contributed by atoms with Crippen molar-refractivity contribution in [3.8, 4) is 0 Å². The number of hydrogen-bond acceptors (Lipinski definition) is 4. The monoisotopic (exact) mass is 274 g/mol. The SMILES string of the molecule is CCN(CC)S(=O)(=O)c1cnn(CCCNC)c1. The summed E-state index contributed by atoms with van der Waals surface area (Å²) >= 11 is 0. The Balaban J connectivity index is 2.78. The van der Waals surface area contributed by atoms with Gasteiger partial charge in [-0.05, 0) is 20.0 Å². The number of nitrogens with one attached hydrogen (secondary N) is 1. The van der Waals surface area contributed by atoms with Gasteiger partial charge >= 0.3 is 0 Å². The Bertz CT molecular complexity index is 451. The van der Waals surface area contributed by atoms with Crippen LogP contribution in [0.5, 0.6) is 0 Å². The fraction of sp³-hybridized carbons (Fsp3) is 0.727. The summed E-state index contributed by atoms with van der Waals surface area (Å²) in [6.45, 7) is 6.22. The molecule has 0 saturated carbocycles. The molecule has 1 N–H and O–H groups in total. The summed E-state index contributed by atoms with van der Waals surface area (Å²) in [5.74, 6) is 0. The first-order valence-corrected chi connectivity index (χ1v) is 7.67. The quantitative estimate of drug-likeness (QED) is 0.702. The van der Waals surface area contributed by atoms with Gasteiger partial charge in [-0.1, -0.05) is 13.8 Å². The molecule has 0 aliphatic carbocycles. The minimum absolute atomic E-state index is 0.274. The average Bonchev–Trinajstić information content (AvgIpc) is 2.80. The molecule has 18 heavy (non-hydrogen) atoms. The van der Waals surface area contributed by atoms with Crippen molar-refractivity contribution in [2.75, 3.05) is 26.7 Å². The molecule has 7 heteroatoms. The second kappa shape index (κ2) is 6.86. The normalized spacial score (nSPS) is 12.2. The van der Waals surface area contributed by atoms with Crippen LogP contribution in [0.15, 0.2) is 17.3 Å². The summed E-state index contributed by atoms with van der Waals surface area (Å²) < 4.78 is 27.5. The van der Waals surface area contributed by atoms with Gasteiger partial charge in [0.1, 0.15) is 4.90 Å². The molecule has 6 nitrogen and oxygen atoms in total. The molecule has 0 unspecified atom stereocenters. The summed E-state index contributed by atoms with van der Waals surface area (Å²) in [6.07, 6.45) is 3.94. The van der Waals surface area contributed by atoms with Gasteiger partial charge in [-0.3, -0.25) is 4.68 Å². The first-order valence-electron chi connectivity index (χ1n) is 6.23. The number of hydrogen-bond donors (Lipinski definition) is 1. The van der Waals surface area contributed by atoms with Gasteiger partial charge in [0.2, 0.25) is 10.0 Å². The Morgan fingerprint density at radius 3 is 2.61 bits per heavy atom. The maximum absolute atomic E-state index is 12.2. The topological polar surface area (TPSA) is 67.2 Å². The lowest BCUT2D eigenvalue weighted by Gasteiger charge is -2.16. The molecule has 104 valence electrons. The van der Waals surface area contributed by atoms with Crippen LogP contribution in [0.4, 0.5) is 0 Å². The molecular weight excluding hydrogens is 252 g/mol. The Kier molecular flexibility index (Phi) is 5.77. The van der Waals surface area contributed by atoms with Crippen LogP contribution in [0.1, 0.15) is 20.3 Å². The second-order valence-electron chi connectivity index (χ2n) is 3.99. The van der Waals surface area contributed by atoms with E-state index < -0.39 is 10.0 Å². The number of aromatic nitrogens is 2. The molecule has 0 radical (unpaired) electrons. The Hall–Kier alpha value is -0.920. The van der Waals surface area contributed by atoms with Crippen molar-refractivity contribution in [2.24, 2.45) is 0 Å². The third kappa shape index (κ3) is 3.54. The molecule has 1 aromatic heterocycles. The van der Waals surface area contributed by atoms with Gasteiger partial charge in [-0.25, -0.2) is 8.42 Å². The van der Waals surface area contributed by atoms with Crippen LogP contribution in [0.3, 0.4) is 0 Å². The van der Waals surface area contributed by atoms with Crippen molar-refractivity contribution in [1.29, 1.82) is 0 Å². The molecule has 0 amide bonds. The predicted octanol–water partition coefficient (Wildman–Crippen LogP) is 0.523. The molecule has 0 aromatic carbocycles. The fourth-order valence-electron chi connectivity index (χ4n) is 1.73. The van der Waals surface area contributed by atoms with E-state index in [9.17, 15) is 8.42 Å². The largest absolute Gasteiger partial charge is 0.320 e. The van der Waals surface area contributed by atoms with E-state index in [4.69, 9.17) is 0 Å². The molecule has 1 heterocycles. The van der Waals surface area contributed by atoms with Crippen LogP contribution in [0.25, 0.3) is 0 Å². The average molecular weight is 274 g/mol. The zero-order chi connectivity index (χ0) is 13.6. The third-order valence-corrected chi connectivity index (χ3v) is 4.77. The highest BCUT2D eigenvalue weighted by atomic mass is 32.2. The fourth-order valence-corrected chi connectivity index (χ4v) is 3.14. The highest BCUT2D eigenvalue weighted by Gasteiger charge is 2.22. The van der Waals surface area contributed by atoms with Crippen molar-refractivity contribution in [3.05, 3.63) is 12.4 Å². The Morgan fingerprint density at radius 2 is 2.06 bits per heavy atom. The van der Waals surface area contributed by atoms with Crippen LogP contribution in [-0.2, 0) is 16.6 Å². The van der Waals surface area contributed by atoms with Crippen LogP contribution in [-0.4, -0.2) is 49.2 Å². The van der Waals surface area contributed by atoms with Crippen LogP contribution in [0.2, 0.25) is 0 Å². The number of aryl methyl sites for hydroxylation is 1. The molecule has 0 fully saturated rings. The first-order chi connectivity index (χ1) is 8.56. The molecule has 1 aromatic rings. The van der Waals surface area contributed by atoms with Gasteiger partial charge in [0.05, 0.1) is 6.20 Å². The van der Waals surface area contributed by atoms with Crippen LogP contribution in [0, 0.1) is 0 Å². The lowest BCUT2D eigenvalue weighted by atomic mass is 10.4. The highest BCUT2D eigenvalue weighted by molar-refractivity contribution is 7.89. The maximum atomic E-state index is 12.2. The molecule has 0 atom stereocenters. The lowest BCUT2D eigenvalue weighted by Crippen LogP contribution is -2.30. The van der Waals surface area contributed by atoms with Crippen molar-refractivity contribution in [3.63, 3.8) is 0 Å². The van der Waals surface area contributed by atoms with Crippen molar-refractivity contribution in [1.82, 2.24) is 19.4 Å². The van der Waals surface area contributed by atoms with Gasteiger partial charge in [-0.2, -0.15) is 9.40 Å². The smallest absolute Gasteiger partial charge is 0.246 e. The summed E-state index contributed by atoms with van der Waals surface area (Å²) in [5, 5.41) is 7.13. The van der Waals surface area contributed by atoms with E-state index in [0.29, 0.717) is 19.6 Å². The van der Waals surface area contributed by atoms with E-state index in [-0.39, 0.29) is 4.90 Å². The van der Waals surface area contributed by atoms with E-state index in [1.807, 2.05) is 20.9 Å². The van der Waals surface area contributed by atoms with Crippen LogP contribution >= 0.6 is 0 Å². The van der Waals surface area contributed by atoms with E-state index in [1.54, 1.807) is 10.9 Å². The lowest BCUT2D eigenvalue weighted by molar-refractivity contribution is 0.445. The predicted molar refractivity (Wildman–Crippen MR) is 70.9 cm³/mol. The second-order valence-corrected chi connectivity index (χ2v) is 5.92. The summed E-state index contributed by atoms with van der Waals surface area (Å²) in [4.78, 5) is 0.274. The van der Waals surface area contributed by atoms with Gasteiger partial charge in [0, 0.05) is 25.8 Å². The molecule has 0 aliphatic heterocycles. The Labute approximate surface area is 109 Å². The third-order valence-electron chi connectivity index (χ3n) is 2.77. The van der Waals surface area contributed by atoms with Gasteiger partial charge in [-0.15, -0.1) is 0 Å². The number of sulfonamides is 1. The minimum atomic E-state index is -3.38. The van der Waals surface area contributed by atoms with Crippen LogP contribution < -0.4 is 5.32 Å². The van der Waals surface area contributed by atoms with E-state index >= 15 is 0 Å². The highest BCUT2D eigenvalue weighted by Crippen LogP contribution is 2.14. The molecule has 0 aliphatic rings. The zero-order valence-electron chi connectivity index (χ0n) is 11.3. The van der Waals surface area contributed by atoms with E-state index in [2.05, 4.69) is 10.4 Å². The summed E-state index contributed by atoms with van der Waals surface area (Å²) in [5.41, 5.74) is 0. The van der Waals surface area contributed by atoms with Gasteiger partial charge in [0.25, 0.3) is 0 Å². The molecule has 1 rings (SSSR count). The summed E-state index contributed by atoms with van der Waals surface area (Å²) in [7, 11) is -1.49. The number of nitrogens with zero attached hydrogens (tertiary/aromatic N) is 3. The van der Waals surface area contributed by atoms with E-state index in [0.717, 1.165) is 13.0 Å². The van der Waals surface area contributed by atoms with Crippen molar-refractivity contribution in [2.45, 2.75) is 31.7 Å². The van der Waals surface area contributed by atoms with E-state index in [1.165, 1.54) is 10.5 Å². The maximum Gasteiger partial charge on any atom is 0.246 e. The Morgan fingerprint density at radius 1 is 1.39 bits per heavy atom. The first kappa shape index (κ1) is 15.1. The van der Waals surface area contributed by atoms with Crippen molar-refractivity contribution < 1.29 is 8.42 Å². The van der Waals surface area contributed by atoms with Gasteiger partial charge < -0.3 is 5.32 Å². The summed E-state index contributed by atoms with van der Waals surface area (Å²) in [6, 6.07) is 0. The standard InChI is InChI=1S/C11H22N4O2S/c1-4-15(5-2)18(16,17)11-9-13-14(10-11)8-6-7-12-3/h9-10,12H,4-8H2,1-3H3. The van der Waals surface area contributed by atoms with Crippen molar-refractivity contribution >= 4 is 10.0 Å². The molecule has 0 saturated heterocycles. The minimum Gasteiger partial charge on any atom is -0.320 e.